The van der Waals surface area contributed by atoms with E-state index in [1.807, 2.05) is 20.8 Å². The van der Waals surface area contributed by atoms with Crippen molar-refractivity contribution in [2.24, 2.45) is 0 Å². The van der Waals surface area contributed by atoms with Crippen LogP contribution in [0.15, 0.2) is 77.7 Å². The van der Waals surface area contributed by atoms with Crippen molar-refractivity contribution >= 4 is 50.7 Å². The Morgan fingerprint density at radius 3 is 2.05 bits per heavy atom. The number of hydrogen-bond donors (Lipinski definition) is 1. The number of benzene rings is 3. The molecule has 0 bridgehead atoms. The van der Waals surface area contributed by atoms with Gasteiger partial charge >= 0.3 is 0 Å². The molecule has 3 rings (SSSR count). The average Bonchev–Trinajstić information content (AvgIpc) is 2.97. The van der Waals surface area contributed by atoms with Crippen LogP contribution in [0.25, 0.3) is 0 Å². The molecule has 0 unspecified atom stereocenters. The standard InChI is InChI=1S/C31H37Cl2N3O5S/c1-5-22(4)34-31(38)27(6-2)35(20-23-12-14-24(32)15-13-23)30(37)21-36(28-10-8-9-11-29(28)41-7-3)42(39,40)26-18-16-25(33)17-19-26/h8-19,22,27H,5-7,20-21H2,1-4H3,(H,34,38)/t22-,27+/m1/s1. The van der Waals surface area contributed by atoms with Gasteiger partial charge in [0.15, 0.2) is 0 Å². The van der Waals surface area contributed by atoms with E-state index < -0.39 is 28.5 Å². The van der Waals surface area contributed by atoms with Crippen molar-refractivity contribution in [1.82, 2.24) is 10.2 Å². The zero-order chi connectivity index (χ0) is 30.9. The lowest BCUT2D eigenvalue weighted by atomic mass is 10.1. The first kappa shape index (κ1) is 33.2. The molecule has 0 aliphatic heterocycles. The summed E-state index contributed by atoms with van der Waals surface area (Å²) < 4.78 is 34.9. The number of carbonyl (C=O) groups is 2. The first-order chi connectivity index (χ1) is 20.0. The Labute approximate surface area is 258 Å². The van der Waals surface area contributed by atoms with Crippen molar-refractivity contribution in [3.8, 4) is 5.75 Å². The molecule has 42 heavy (non-hydrogen) atoms. The molecule has 0 aliphatic carbocycles. The summed E-state index contributed by atoms with van der Waals surface area (Å²) in [5.74, 6) is -0.563. The van der Waals surface area contributed by atoms with Crippen LogP contribution in [0, 0.1) is 0 Å². The molecule has 0 saturated heterocycles. The summed E-state index contributed by atoms with van der Waals surface area (Å²) in [4.78, 5) is 29.0. The van der Waals surface area contributed by atoms with Crippen LogP contribution in [0.3, 0.4) is 0 Å². The maximum Gasteiger partial charge on any atom is 0.264 e. The molecule has 2 atom stereocenters. The van der Waals surface area contributed by atoms with Gasteiger partial charge < -0.3 is 15.0 Å². The number of amides is 2. The molecule has 0 fully saturated rings. The molecule has 0 saturated carbocycles. The van der Waals surface area contributed by atoms with E-state index in [9.17, 15) is 18.0 Å². The molecule has 3 aromatic carbocycles. The molecule has 3 aromatic rings. The van der Waals surface area contributed by atoms with Gasteiger partial charge in [-0.1, -0.05) is 61.3 Å². The van der Waals surface area contributed by atoms with Gasteiger partial charge in [-0.05, 0) is 80.8 Å². The fourth-order valence-corrected chi connectivity index (χ4v) is 6.01. The van der Waals surface area contributed by atoms with E-state index in [0.29, 0.717) is 28.6 Å². The normalized spacial score (nSPS) is 12.7. The van der Waals surface area contributed by atoms with E-state index in [4.69, 9.17) is 27.9 Å². The lowest BCUT2D eigenvalue weighted by Crippen LogP contribution is -2.53. The van der Waals surface area contributed by atoms with Crippen molar-refractivity contribution in [2.45, 2.75) is 64.1 Å². The second-order valence-corrected chi connectivity index (χ2v) is 12.5. The molecule has 0 radical (unpaired) electrons. The second kappa shape index (κ2) is 15.3. The number of rotatable bonds is 14. The SMILES string of the molecule is CCOc1ccccc1N(CC(=O)N(Cc1ccc(Cl)cc1)[C@@H](CC)C(=O)N[C@H](C)CC)S(=O)(=O)c1ccc(Cl)cc1. The number of hydrogen-bond acceptors (Lipinski definition) is 5. The van der Waals surface area contributed by atoms with E-state index in [-0.39, 0.29) is 35.7 Å². The molecule has 0 heterocycles. The van der Waals surface area contributed by atoms with Gasteiger partial charge in [-0.15, -0.1) is 0 Å². The Balaban J connectivity index is 2.10. The summed E-state index contributed by atoms with van der Waals surface area (Å²) in [5, 5.41) is 3.87. The second-order valence-electron chi connectivity index (χ2n) is 9.76. The molecule has 0 aliphatic rings. The summed E-state index contributed by atoms with van der Waals surface area (Å²) in [6.45, 7) is 7.24. The fraction of sp³-hybridized carbons (Fsp3) is 0.355. The highest BCUT2D eigenvalue weighted by molar-refractivity contribution is 7.92. The third-order valence-electron chi connectivity index (χ3n) is 6.77. The van der Waals surface area contributed by atoms with Crippen LogP contribution in [0.2, 0.25) is 10.0 Å². The molecule has 226 valence electrons. The highest BCUT2D eigenvalue weighted by Crippen LogP contribution is 2.33. The first-order valence-electron chi connectivity index (χ1n) is 13.9. The summed E-state index contributed by atoms with van der Waals surface area (Å²) in [5.41, 5.74) is 0.940. The molecule has 1 N–H and O–H groups in total. The number of ether oxygens (including phenoxy) is 1. The monoisotopic (exact) mass is 633 g/mol. The van der Waals surface area contributed by atoms with Crippen molar-refractivity contribution in [1.29, 1.82) is 0 Å². The molecule has 8 nitrogen and oxygen atoms in total. The Morgan fingerprint density at radius 2 is 1.48 bits per heavy atom. The first-order valence-corrected chi connectivity index (χ1v) is 16.1. The lowest BCUT2D eigenvalue weighted by molar-refractivity contribution is -0.140. The predicted molar refractivity (Wildman–Crippen MR) is 168 cm³/mol. The van der Waals surface area contributed by atoms with Gasteiger partial charge in [0.25, 0.3) is 10.0 Å². The number of carbonyl (C=O) groups excluding carboxylic acids is 2. The maximum absolute atomic E-state index is 14.2. The minimum atomic E-state index is -4.27. The number of anilines is 1. The third kappa shape index (κ3) is 8.40. The van der Waals surface area contributed by atoms with Gasteiger partial charge in [0.05, 0.1) is 17.2 Å². The Hall–Kier alpha value is -3.27. The Kier molecular flexibility index (Phi) is 12.1. The summed E-state index contributed by atoms with van der Waals surface area (Å²) in [7, 11) is -4.27. The van der Waals surface area contributed by atoms with Crippen LogP contribution in [-0.4, -0.2) is 50.4 Å². The quantitative estimate of drug-likeness (QED) is 0.224. The molecule has 2 amide bonds. The van der Waals surface area contributed by atoms with Crippen molar-refractivity contribution in [2.75, 3.05) is 17.5 Å². The lowest BCUT2D eigenvalue weighted by Gasteiger charge is -2.34. The van der Waals surface area contributed by atoms with E-state index in [1.54, 1.807) is 55.5 Å². The van der Waals surface area contributed by atoms with E-state index >= 15 is 0 Å². The van der Waals surface area contributed by atoms with Crippen molar-refractivity contribution in [3.63, 3.8) is 0 Å². The van der Waals surface area contributed by atoms with Gasteiger partial charge in [0.1, 0.15) is 18.3 Å². The van der Waals surface area contributed by atoms with Gasteiger partial charge in [-0.2, -0.15) is 0 Å². The number of halogens is 2. The van der Waals surface area contributed by atoms with Crippen LogP contribution < -0.4 is 14.4 Å². The minimum absolute atomic E-state index is 0.0446. The number of nitrogens with zero attached hydrogens (tertiary/aromatic N) is 2. The molecular formula is C31H37Cl2N3O5S. The highest BCUT2D eigenvalue weighted by atomic mass is 35.5. The van der Waals surface area contributed by atoms with Crippen LogP contribution in [0.4, 0.5) is 5.69 Å². The minimum Gasteiger partial charge on any atom is -0.492 e. The van der Waals surface area contributed by atoms with Crippen LogP contribution in [0.1, 0.15) is 46.1 Å². The van der Waals surface area contributed by atoms with Crippen LogP contribution >= 0.6 is 23.2 Å². The Bertz CT molecular complexity index is 1450. The number of sulfonamides is 1. The fourth-order valence-electron chi connectivity index (χ4n) is 4.33. The van der Waals surface area contributed by atoms with Gasteiger partial charge in [-0.25, -0.2) is 8.42 Å². The van der Waals surface area contributed by atoms with Crippen molar-refractivity contribution in [3.05, 3.63) is 88.4 Å². The van der Waals surface area contributed by atoms with Gasteiger partial charge in [-0.3, -0.25) is 13.9 Å². The largest absolute Gasteiger partial charge is 0.492 e. The van der Waals surface area contributed by atoms with Crippen LogP contribution in [0.5, 0.6) is 5.75 Å². The van der Waals surface area contributed by atoms with Crippen molar-refractivity contribution < 1.29 is 22.7 Å². The summed E-state index contributed by atoms with van der Waals surface area (Å²) in [6.07, 6.45) is 1.04. The number of nitrogens with one attached hydrogen (secondary N) is 1. The van der Waals surface area contributed by atoms with Gasteiger partial charge in [0, 0.05) is 22.6 Å². The zero-order valence-electron chi connectivity index (χ0n) is 24.2. The molecule has 0 aromatic heterocycles. The highest BCUT2D eigenvalue weighted by Gasteiger charge is 2.35. The average molecular weight is 635 g/mol. The van der Waals surface area contributed by atoms with Gasteiger partial charge in [0.2, 0.25) is 11.8 Å². The molecule has 11 heteroatoms. The predicted octanol–water partition coefficient (Wildman–Crippen LogP) is 6.31. The molecule has 0 spiro atoms. The molecular weight excluding hydrogens is 597 g/mol. The summed E-state index contributed by atoms with van der Waals surface area (Å²) in [6, 6.07) is 18.4. The van der Waals surface area contributed by atoms with E-state index in [1.165, 1.54) is 29.2 Å². The smallest absolute Gasteiger partial charge is 0.264 e. The maximum atomic E-state index is 14.2. The van der Waals surface area contributed by atoms with E-state index in [0.717, 1.165) is 9.87 Å². The Morgan fingerprint density at radius 1 is 0.881 bits per heavy atom. The number of para-hydroxylation sites is 2. The third-order valence-corrected chi connectivity index (χ3v) is 9.05. The topological polar surface area (TPSA) is 96.0 Å². The zero-order valence-corrected chi connectivity index (χ0v) is 26.5. The van der Waals surface area contributed by atoms with Crippen LogP contribution in [-0.2, 0) is 26.2 Å². The van der Waals surface area contributed by atoms with E-state index in [2.05, 4.69) is 5.32 Å². The summed E-state index contributed by atoms with van der Waals surface area (Å²) >= 11 is 12.1.